The predicted molar refractivity (Wildman–Crippen MR) is 86.5 cm³/mol. The molecular weight excluding hydrogens is 264 g/mol. The number of carbonyl (C=O) groups is 1. The molecule has 0 spiro atoms. The van der Waals surface area contributed by atoms with Crippen molar-refractivity contribution in [3.8, 4) is 5.75 Å². The Morgan fingerprint density at radius 1 is 1.24 bits per heavy atom. The second-order valence-corrected chi connectivity index (χ2v) is 6.17. The summed E-state index contributed by atoms with van der Waals surface area (Å²) in [5.74, 6) is 1.25. The maximum atomic E-state index is 12.1. The third kappa shape index (κ3) is 6.17. The Labute approximate surface area is 128 Å². The number of benzene rings is 1. The molecule has 0 saturated heterocycles. The van der Waals surface area contributed by atoms with Gasteiger partial charge in [-0.1, -0.05) is 19.9 Å². The van der Waals surface area contributed by atoms with E-state index in [4.69, 9.17) is 10.5 Å². The number of hydrogen-bond acceptors (Lipinski definition) is 3. The molecule has 4 nitrogen and oxygen atoms in total. The fraction of sp³-hybridized carbons (Fsp3) is 0.588. The van der Waals surface area contributed by atoms with Crippen molar-refractivity contribution in [1.29, 1.82) is 0 Å². The van der Waals surface area contributed by atoms with Gasteiger partial charge in [-0.3, -0.25) is 4.79 Å². The minimum Gasteiger partial charge on any atom is -0.492 e. The lowest BCUT2D eigenvalue weighted by atomic mass is 10.0. The average molecular weight is 292 g/mol. The highest BCUT2D eigenvalue weighted by Gasteiger charge is 2.18. The highest BCUT2D eigenvalue weighted by atomic mass is 16.5. The number of amides is 1. The molecular formula is C17H28N2O2. The highest BCUT2D eigenvalue weighted by molar-refractivity contribution is 5.81. The van der Waals surface area contributed by atoms with Crippen LogP contribution in [0.15, 0.2) is 18.2 Å². The molecule has 1 aromatic rings. The fourth-order valence-corrected chi connectivity index (χ4v) is 2.32. The molecule has 2 N–H and O–H groups in total. The molecule has 1 aromatic carbocycles. The monoisotopic (exact) mass is 292 g/mol. The van der Waals surface area contributed by atoms with Crippen LogP contribution in [0.4, 0.5) is 0 Å². The maximum Gasteiger partial charge on any atom is 0.239 e. The van der Waals surface area contributed by atoms with E-state index in [9.17, 15) is 4.79 Å². The first-order valence-electron chi connectivity index (χ1n) is 7.51. The molecule has 0 aromatic heterocycles. The minimum atomic E-state index is -0.420. The summed E-state index contributed by atoms with van der Waals surface area (Å²) in [7, 11) is 1.77. The van der Waals surface area contributed by atoms with E-state index in [2.05, 4.69) is 19.9 Å². The third-order valence-electron chi connectivity index (χ3n) is 3.31. The zero-order chi connectivity index (χ0) is 16.0. The average Bonchev–Trinajstić information content (AvgIpc) is 2.35. The number of hydrogen-bond donors (Lipinski definition) is 1. The molecule has 0 heterocycles. The Bertz CT molecular complexity index is 452. The molecule has 0 saturated carbocycles. The molecule has 21 heavy (non-hydrogen) atoms. The third-order valence-corrected chi connectivity index (χ3v) is 3.31. The molecule has 0 unspecified atom stereocenters. The molecule has 1 atom stereocenters. The van der Waals surface area contributed by atoms with Crippen LogP contribution < -0.4 is 10.5 Å². The van der Waals surface area contributed by atoms with E-state index in [1.54, 1.807) is 11.9 Å². The maximum absolute atomic E-state index is 12.1. The summed E-state index contributed by atoms with van der Waals surface area (Å²) >= 11 is 0. The zero-order valence-corrected chi connectivity index (χ0v) is 13.8. The van der Waals surface area contributed by atoms with Gasteiger partial charge in [0, 0.05) is 7.05 Å². The van der Waals surface area contributed by atoms with Crippen LogP contribution in [-0.2, 0) is 4.79 Å². The van der Waals surface area contributed by atoms with E-state index in [0.717, 1.165) is 5.75 Å². The molecule has 118 valence electrons. The SMILES string of the molecule is Cc1cc(C)cc(OCCN(C)C(=O)[C@@H](N)CC(C)C)c1. The van der Waals surface area contributed by atoms with Crippen LogP contribution in [0.3, 0.4) is 0 Å². The van der Waals surface area contributed by atoms with E-state index in [1.807, 2.05) is 26.0 Å². The van der Waals surface area contributed by atoms with Gasteiger partial charge in [0.2, 0.25) is 5.91 Å². The Hall–Kier alpha value is -1.55. The smallest absolute Gasteiger partial charge is 0.239 e. The number of nitrogens with zero attached hydrogens (tertiary/aromatic N) is 1. The molecule has 0 radical (unpaired) electrons. The summed E-state index contributed by atoms with van der Waals surface area (Å²) in [5, 5.41) is 0. The predicted octanol–water partition coefficient (Wildman–Crippen LogP) is 2.51. The van der Waals surface area contributed by atoms with Gasteiger partial charge in [-0.05, 0) is 49.4 Å². The van der Waals surface area contributed by atoms with Crippen LogP contribution in [0.1, 0.15) is 31.4 Å². The molecule has 4 heteroatoms. The van der Waals surface area contributed by atoms with Gasteiger partial charge in [0.1, 0.15) is 12.4 Å². The lowest BCUT2D eigenvalue weighted by Crippen LogP contribution is -2.43. The van der Waals surface area contributed by atoms with E-state index in [0.29, 0.717) is 25.5 Å². The first-order valence-corrected chi connectivity index (χ1v) is 7.51. The van der Waals surface area contributed by atoms with Crippen LogP contribution >= 0.6 is 0 Å². The van der Waals surface area contributed by atoms with Gasteiger partial charge < -0.3 is 15.4 Å². The molecule has 0 aliphatic rings. The van der Waals surface area contributed by atoms with Crippen molar-refractivity contribution < 1.29 is 9.53 Å². The van der Waals surface area contributed by atoms with Crippen LogP contribution in [0.25, 0.3) is 0 Å². The van der Waals surface area contributed by atoms with Gasteiger partial charge in [0.25, 0.3) is 0 Å². The minimum absolute atomic E-state index is 0.0206. The van der Waals surface area contributed by atoms with Gasteiger partial charge >= 0.3 is 0 Å². The second-order valence-electron chi connectivity index (χ2n) is 6.17. The number of likely N-dealkylation sites (N-methyl/N-ethyl adjacent to an activating group) is 1. The lowest BCUT2D eigenvalue weighted by molar-refractivity contribution is -0.131. The number of carbonyl (C=O) groups excluding carboxylic acids is 1. The molecule has 0 aliphatic carbocycles. The second kappa shape index (κ2) is 8.03. The van der Waals surface area contributed by atoms with E-state index in [-0.39, 0.29) is 5.91 Å². The van der Waals surface area contributed by atoms with Crippen molar-refractivity contribution >= 4 is 5.91 Å². The first-order chi connectivity index (χ1) is 9.79. The lowest BCUT2D eigenvalue weighted by Gasteiger charge is -2.22. The Morgan fingerprint density at radius 3 is 2.33 bits per heavy atom. The van der Waals surface area contributed by atoms with Crippen molar-refractivity contribution in [1.82, 2.24) is 4.90 Å². The molecule has 1 amide bonds. The van der Waals surface area contributed by atoms with Crippen LogP contribution in [0, 0.1) is 19.8 Å². The number of rotatable bonds is 7. The molecule has 0 fully saturated rings. The van der Waals surface area contributed by atoms with Crippen LogP contribution in [0.5, 0.6) is 5.75 Å². The van der Waals surface area contributed by atoms with Gasteiger partial charge in [0.05, 0.1) is 12.6 Å². The van der Waals surface area contributed by atoms with E-state index < -0.39 is 6.04 Å². The van der Waals surface area contributed by atoms with E-state index in [1.165, 1.54) is 11.1 Å². The topological polar surface area (TPSA) is 55.6 Å². The van der Waals surface area contributed by atoms with Gasteiger partial charge in [-0.15, -0.1) is 0 Å². The van der Waals surface area contributed by atoms with Crippen LogP contribution in [0.2, 0.25) is 0 Å². The van der Waals surface area contributed by atoms with Crippen LogP contribution in [-0.4, -0.2) is 37.0 Å². The molecule has 0 bridgehead atoms. The van der Waals surface area contributed by atoms with Gasteiger partial charge in [-0.2, -0.15) is 0 Å². The normalized spacial score (nSPS) is 12.3. The van der Waals surface area contributed by atoms with Gasteiger partial charge in [0.15, 0.2) is 0 Å². The summed E-state index contributed by atoms with van der Waals surface area (Å²) in [6, 6.07) is 5.68. The largest absolute Gasteiger partial charge is 0.492 e. The van der Waals surface area contributed by atoms with Crippen molar-refractivity contribution in [3.63, 3.8) is 0 Å². The van der Waals surface area contributed by atoms with Gasteiger partial charge in [-0.25, -0.2) is 0 Å². The summed E-state index contributed by atoms with van der Waals surface area (Å²) in [5.41, 5.74) is 8.26. The number of ether oxygens (including phenoxy) is 1. The standard InChI is InChI=1S/C17H28N2O2/c1-12(2)8-16(18)17(20)19(5)6-7-21-15-10-13(3)9-14(4)11-15/h9-12,16H,6-8,18H2,1-5H3/t16-/m0/s1. The van der Waals surface area contributed by atoms with Crippen molar-refractivity contribution in [3.05, 3.63) is 29.3 Å². The Balaban J connectivity index is 2.42. The van der Waals surface area contributed by atoms with E-state index >= 15 is 0 Å². The Kier molecular flexibility index (Phi) is 6.69. The Morgan fingerprint density at radius 2 is 1.81 bits per heavy atom. The summed E-state index contributed by atoms with van der Waals surface area (Å²) in [4.78, 5) is 13.7. The van der Waals surface area contributed by atoms with Crippen molar-refractivity contribution in [2.24, 2.45) is 11.7 Å². The highest BCUT2D eigenvalue weighted by Crippen LogP contribution is 2.16. The summed E-state index contributed by atoms with van der Waals surface area (Å²) in [6.45, 7) is 9.23. The number of nitrogens with two attached hydrogens (primary N) is 1. The zero-order valence-electron chi connectivity index (χ0n) is 13.8. The fourth-order valence-electron chi connectivity index (χ4n) is 2.32. The summed E-state index contributed by atoms with van der Waals surface area (Å²) in [6.07, 6.45) is 0.709. The molecule has 1 rings (SSSR count). The summed E-state index contributed by atoms with van der Waals surface area (Å²) < 4.78 is 5.71. The molecule has 0 aliphatic heterocycles. The number of aryl methyl sites for hydroxylation is 2. The van der Waals surface area contributed by atoms with Crippen molar-refractivity contribution in [2.45, 2.75) is 40.2 Å². The first kappa shape index (κ1) is 17.5. The quantitative estimate of drug-likeness (QED) is 0.840. The van der Waals surface area contributed by atoms with Crippen molar-refractivity contribution in [2.75, 3.05) is 20.2 Å².